The molecule has 0 aliphatic heterocycles. The number of benzene rings is 2. The summed E-state index contributed by atoms with van der Waals surface area (Å²) in [7, 11) is 1.74. The fourth-order valence-electron chi connectivity index (χ4n) is 2.60. The van der Waals surface area contributed by atoms with Crippen molar-refractivity contribution in [2.75, 3.05) is 18.9 Å². The van der Waals surface area contributed by atoms with Crippen molar-refractivity contribution in [3.05, 3.63) is 64.4 Å². The van der Waals surface area contributed by atoms with E-state index in [1.807, 2.05) is 44.2 Å². The number of aromatic nitrogens is 2. The molecule has 0 saturated heterocycles. The number of anilines is 1. The van der Waals surface area contributed by atoms with Gasteiger partial charge in [0, 0.05) is 36.3 Å². The summed E-state index contributed by atoms with van der Waals surface area (Å²) in [4.78, 5) is 18.3. The lowest BCUT2D eigenvalue weighted by atomic mass is 10.1. The van der Waals surface area contributed by atoms with E-state index in [2.05, 4.69) is 15.5 Å². The molecule has 0 radical (unpaired) electrons. The first-order chi connectivity index (χ1) is 12.9. The highest BCUT2D eigenvalue weighted by Gasteiger charge is 2.13. The Kier molecular flexibility index (Phi) is 5.76. The van der Waals surface area contributed by atoms with Crippen LogP contribution in [0.1, 0.15) is 17.0 Å². The highest BCUT2D eigenvalue weighted by Crippen LogP contribution is 2.20. The van der Waals surface area contributed by atoms with Crippen molar-refractivity contribution < 1.29 is 9.32 Å². The highest BCUT2D eigenvalue weighted by molar-refractivity contribution is 6.30. The molecule has 2 amide bonds. The lowest BCUT2D eigenvalue weighted by molar-refractivity contribution is 0.222. The molecule has 3 rings (SSSR count). The van der Waals surface area contributed by atoms with Crippen LogP contribution < -0.4 is 5.32 Å². The van der Waals surface area contributed by atoms with Crippen molar-refractivity contribution in [1.82, 2.24) is 15.0 Å². The van der Waals surface area contributed by atoms with Crippen LogP contribution in [0.5, 0.6) is 0 Å². The van der Waals surface area contributed by atoms with E-state index in [-0.39, 0.29) is 6.03 Å². The van der Waals surface area contributed by atoms with Crippen LogP contribution in [0.4, 0.5) is 10.5 Å². The smallest absolute Gasteiger partial charge is 0.321 e. The third-order valence-corrected chi connectivity index (χ3v) is 4.45. The maximum Gasteiger partial charge on any atom is 0.321 e. The zero-order valence-electron chi connectivity index (χ0n) is 15.5. The second-order valence-electron chi connectivity index (χ2n) is 6.44. The van der Waals surface area contributed by atoms with Gasteiger partial charge in [-0.15, -0.1) is 0 Å². The van der Waals surface area contributed by atoms with Crippen LogP contribution >= 0.6 is 11.6 Å². The van der Waals surface area contributed by atoms with Crippen molar-refractivity contribution in [1.29, 1.82) is 0 Å². The first-order valence-corrected chi connectivity index (χ1v) is 8.98. The largest absolute Gasteiger partial charge is 0.334 e. The van der Waals surface area contributed by atoms with E-state index in [0.29, 0.717) is 29.7 Å². The van der Waals surface area contributed by atoms with Crippen molar-refractivity contribution >= 4 is 23.3 Å². The summed E-state index contributed by atoms with van der Waals surface area (Å²) in [6.07, 6.45) is 0.494. The molecule has 0 saturated carbocycles. The highest BCUT2D eigenvalue weighted by atomic mass is 35.5. The molecule has 1 heterocycles. The topological polar surface area (TPSA) is 71.3 Å². The summed E-state index contributed by atoms with van der Waals surface area (Å²) in [5.41, 5.74) is 3.80. The number of nitrogens with one attached hydrogen (secondary N) is 1. The Morgan fingerprint density at radius 3 is 2.63 bits per heavy atom. The molecule has 0 spiro atoms. The molecule has 6 nitrogen and oxygen atoms in total. The van der Waals surface area contributed by atoms with Crippen molar-refractivity contribution in [3.8, 4) is 11.5 Å². The van der Waals surface area contributed by atoms with E-state index in [1.54, 1.807) is 24.1 Å². The van der Waals surface area contributed by atoms with Crippen LogP contribution in [-0.2, 0) is 6.42 Å². The Bertz CT molecular complexity index is 937. The van der Waals surface area contributed by atoms with E-state index in [4.69, 9.17) is 16.1 Å². The SMILES string of the molecule is Cc1ccc(NC(=O)N(C)CCc2noc(-c3ccc(Cl)cc3)n2)c(C)c1. The number of hydrogen-bond donors (Lipinski definition) is 1. The molecule has 140 valence electrons. The number of carbonyl (C=O) groups is 1. The molecular weight excluding hydrogens is 364 g/mol. The molecule has 1 N–H and O–H groups in total. The zero-order valence-corrected chi connectivity index (χ0v) is 16.2. The summed E-state index contributed by atoms with van der Waals surface area (Å²) < 4.78 is 5.28. The number of amides is 2. The molecule has 0 fully saturated rings. The molecule has 0 aliphatic carbocycles. The Morgan fingerprint density at radius 1 is 1.19 bits per heavy atom. The standard InChI is InChI=1S/C20H21ClN4O2/c1-13-4-9-17(14(2)12-13)22-20(26)25(3)11-10-18-23-19(27-24-18)15-5-7-16(21)8-6-15/h4-9,12H,10-11H2,1-3H3,(H,22,26). The molecule has 1 aromatic heterocycles. The number of halogens is 1. The molecule has 27 heavy (non-hydrogen) atoms. The van der Waals surface area contributed by atoms with Crippen LogP contribution in [0.2, 0.25) is 5.02 Å². The molecule has 0 bridgehead atoms. The molecule has 0 atom stereocenters. The van der Waals surface area contributed by atoms with Gasteiger partial charge in [0.05, 0.1) is 0 Å². The lowest BCUT2D eigenvalue weighted by Gasteiger charge is -2.18. The maximum atomic E-state index is 12.4. The van der Waals surface area contributed by atoms with Gasteiger partial charge in [-0.3, -0.25) is 0 Å². The molecule has 3 aromatic rings. The van der Waals surface area contributed by atoms with Crippen LogP contribution in [0.15, 0.2) is 47.0 Å². The average molecular weight is 385 g/mol. The second-order valence-corrected chi connectivity index (χ2v) is 6.88. The first kappa shape index (κ1) is 18.9. The van der Waals surface area contributed by atoms with E-state index in [0.717, 1.165) is 22.4 Å². The average Bonchev–Trinajstić information content (AvgIpc) is 3.11. The molecule has 2 aromatic carbocycles. The molecule has 7 heteroatoms. The summed E-state index contributed by atoms with van der Waals surface area (Å²) in [5, 5.41) is 7.54. The Balaban J connectivity index is 1.56. The number of urea groups is 1. The molecule has 0 aliphatic rings. The molecular formula is C20H21ClN4O2. The van der Waals surface area contributed by atoms with Crippen LogP contribution in [0.3, 0.4) is 0 Å². The second kappa shape index (κ2) is 8.22. The van der Waals surface area contributed by atoms with Gasteiger partial charge in [0.25, 0.3) is 5.89 Å². The zero-order chi connectivity index (χ0) is 19.4. The van der Waals surface area contributed by atoms with E-state index < -0.39 is 0 Å². The van der Waals surface area contributed by atoms with Crippen LogP contribution in [0.25, 0.3) is 11.5 Å². The predicted octanol–water partition coefficient (Wildman–Crippen LogP) is 4.71. The van der Waals surface area contributed by atoms with Gasteiger partial charge in [0.2, 0.25) is 0 Å². The Morgan fingerprint density at radius 2 is 1.93 bits per heavy atom. The van der Waals surface area contributed by atoms with Crippen molar-refractivity contribution in [2.24, 2.45) is 0 Å². The maximum absolute atomic E-state index is 12.4. The lowest BCUT2D eigenvalue weighted by Crippen LogP contribution is -2.33. The Hall–Kier alpha value is -2.86. The quantitative estimate of drug-likeness (QED) is 0.691. The van der Waals surface area contributed by atoms with Gasteiger partial charge in [0.1, 0.15) is 0 Å². The van der Waals surface area contributed by atoms with Crippen LogP contribution in [-0.4, -0.2) is 34.7 Å². The number of carbonyl (C=O) groups excluding carboxylic acids is 1. The fraction of sp³-hybridized carbons (Fsp3) is 0.250. The van der Waals surface area contributed by atoms with Gasteiger partial charge in [-0.2, -0.15) is 4.98 Å². The number of hydrogen-bond acceptors (Lipinski definition) is 4. The third-order valence-electron chi connectivity index (χ3n) is 4.20. The third kappa shape index (κ3) is 4.86. The monoisotopic (exact) mass is 384 g/mol. The summed E-state index contributed by atoms with van der Waals surface area (Å²) in [5.74, 6) is 0.982. The minimum atomic E-state index is -0.177. The number of rotatable bonds is 5. The van der Waals surface area contributed by atoms with Crippen LogP contribution in [0, 0.1) is 13.8 Å². The minimum absolute atomic E-state index is 0.177. The van der Waals surface area contributed by atoms with E-state index in [1.165, 1.54) is 0 Å². The number of likely N-dealkylation sites (N-methyl/N-ethyl adjacent to an activating group) is 1. The van der Waals surface area contributed by atoms with Gasteiger partial charge in [-0.05, 0) is 49.7 Å². The van der Waals surface area contributed by atoms with Gasteiger partial charge in [-0.25, -0.2) is 4.79 Å². The number of aryl methyl sites for hydroxylation is 2. The normalized spacial score (nSPS) is 10.7. The van der Waals surface area contributed by atoms with E-state index in [9.17, 15) is 4.79 Å². The van der Waals surface area contributed by atoms with Crippen molar-refractivity contribution in [3.63, 3.8) is 0 Å². The van der Waals surface area contributed by atoms with Gasteiger partial charge >= 0.3 is 6.03 Å². The van der Waals surface area contributed by atoms with Gasteiger partial charge in [0.15, 0.2) is 5.82 Å². The summed E-state index contributed by atoms with van der Waals surface area (Å²) in [6.45, 7) is 4.46. The first-order valence-electron chi connectivity index (χ1n) is 8.60. The van der Waals surface area contributed by atoms with E-state index >= 15 is 0 Å². The minimum Gasteiger partial charge on any atom is -0.334 e. The van der Waals surface area contributed by atoms with Crippen molar-refractivity contribution in [2.45, 2.75) is 20.3 Å². The van der Waals surface area contributed by atoms with Gasteiger partial charge < -0.3 is 14.7 Å². The number of nitrogens with zero attached hydrogens (tertiary/aromatic N) is 3. The summed E-state index contributed by atoms with van der Waals surface area (Å²) in [6, 6.07) is 12.9. The summed E-state index contributed by atoms with van der Waals surface area (Å²) >= 11 is 5.88. The fourth-order valence-corrected chi connectivity index (χ4v) is 2.72. The molecule has 0 unspecified atom stereocenters. The predicted molar refractivity (Wildman–Crippen MR) is 106 cm³/mol. The Labute approximate surface area is 163 Å². The van der Waals surface area contributed by atoms with Gasteiger partial charge in [-0.1, -0.05) is 34.5 Å².